The number of carbonyl (C=O) groups excluding carboxylic acids is 1. The molecule has 4 aromatic rings. The summed E-state index contributed by atoms with van der Waals surface area (Å²) in [5, 5.41) is 8.77. The Hall–Kier alpha value is -2.50. The molecule has 0 unspecified atom stereocenters. The van der Waals surface area contributed by atoms with Crippen molar-refractivity contribution < 1.29 is 4.79 Å². The summed E-state index contributed by atoms with van der Waals surface area (Å²) in [6.45, 7) is 0.567. The van der Waals surface area contributed by atoms with Gasteiger partial charge in [0.2, 0.25) is 11.9 Å². The molecule has 0 atom stereocenters. The van der Waals surface area contributed by atoms with Gasteiger partial charge in [-0.25, -0.2) is 14.6 Å². The standard InChI is InChI=1S/C18H15BrN6O2S2/c19-13-3-1-12(2-4-13)8-24-11-20-17(23-24)22-15(26)10-28-9-14-7-16(27)25-5-6-29-18(25)21-14/h1-7,11H,8-10H2,(H,22,23,26). The van der Waals surface area contributed by atoms with Crippen molar-refractivity contribution in [2.45, 2.75) is 12.3 Å². The van der Waals surface area contributed by atoms with Gasteiger partial charge in [0, 0.05) is 27.9 Å². The lowest BCUT2D eigenvalue weighted by molar-refractivity contribution is -0.113. The molecular formula is C18H15BrN6O2S2. The van der Waals surface area contributed by atoms with Gasteiger partial charge in [0.1, 0.15) is 6.33 Å². The van der Waals surface area contributed by atoms with Crippen LogP contribution in [0.15, 0.2) is 57.5 Å². The first-order valence-electron chi connectivity index (χ1n) is 8.54. The van der Waals surface area contributed by atoms with E-state index in [9.17, 15) is 9.59 Å². The number of hydrogen-bond acceptors (Lipinski definition) is 7. The van der Waals surface area contributed by atoms with Crippen LogP contribution >= 0.6 is 39.0 Å². The third kappa shape index (κ3) is 5.11. The van der Waals surface area contributed by atoms with E-state index in [4.69, 9.17) is 0 Å². The first kappa shape index (κ1) is 19.8. The summed E-state index contributed by atoms with van der Waals surface area (Å²) in [6.07, 6.45) is 3.28. The minimum absolute atomic E-state index is 0.114. The summed E-state index contributed by atoms with van der Waals surface area (Å²) >= 11 is 6.19. The number of nitrogens with one attached hydrogen (secondary N) is 1. The van der Waals surface area contributed by atoms with E-state index in [1.165, 1.54) is 33.6 Å². The highest BCUT2D eigenvalue weighted by Gasteiger charge is 2.09. The van der Waals surface area contributed by atoms with Gasteiger partial charge in [0.15, 0.2) is 4.96 Å². The molecule has 1 N–H and O–H groups in total. The number of aromatic nitrogens is 5. The van der Waals surface area contributed by atoms with Gasteiger partial charge < -0.3 is 0 Å². The molecule has 0 fully saturated rings. The van der Waals surface area contributed by atoms with Crippen molar-refractivity contribution in [3.8, 4) is 0 Å². The molecule has 29 heavy (non-hydrogen) atoms. The monoisotopic (exact) mass is 490 g/mol. The van der Waals surface area contributed by atoms with E-state index < -0.39 is 0 Å². The zero-order valence-electron chi connectivity index (χ0n) is 15.0. The minimum Gasteiger partial charge on any atom is -0.293 e. The predicted octanol–water partition coefficient (Wildman–Crippen LogP) is 3.03. The number of hydrogen-bond donors (Lipinski definition) is 1. The average Bonchev–Trinajstić information content (AvgIpc) is 3.33. The number of thiazole rings is 1. The van der Waals surface area contributed by atoms with Gasteiger partial charge in [-0.2, -0.15) is 0 Å². The summed E-state index contributed by atoms with van der Waals surface area (Å²) < 4.78 is 4.18. The second-order valence-electron chi connectivity index (χ2n) is 6.07. The summed E-state index contributed by atoms with van der Waals surface area (Å²) in [5.41, 5.74) is 1.63. The first-order chi connectivity index (χ1) is 14.1. The van der Waals surface area contributed by atoms with Crippen LogP contribution in [0.5, 0.6) is 0 Å². The number of fused-ring (bicyclic) bond motifs is 1. The fourth-order valence-corrected chi connectivity index (χ4v) is 4.30. The zero-order chi connectivity index (χ0) is 20.2. The van der Waals surface area contributed by atoms with Crippen LogP contribution in [0, 0.1) is 0 Å². The second-order valence-corrected chi connectivity index (χ2v) is 8.85. The maximum Gasteiger partial charge on any atom is 0.258 e. The first-order valence-corrected chi connectivity index (χ1v) is 11.4. The lowest BCUT2D eigenvalue weighted by atomic mass is 10.2. The van der Waals surface area contributed by atoms with Crippen LogP contribution in [-0.4, -0.2) is 35.8 Å². The number of carbonyl (C=O) groups is 1. The van der Waals surface area contributed by atoms with Gasteiger partial charge in [-0.1, -0.05) is 28.1 Å². The van der Waals surface area contributed by atoms with Crippen molar-refractivity contribution >= 4 is 55.8 Å². The average molecular weight is 491 g/mol. The van der Waals surface area contributed by atoms with Crippen LogP contribution in [0.2, 0.25) is 0 Å². The molecule has 0 radical (unpaired) electrons. The van der Waals surface area contributed by atoms with Crippen LogP contribution < -0.4 is 10.9 Å². The quantitative estimate of drug-likeness (QED) is 0.427. The lowest BCUT2D eigenvalue weighted by Gasteiger charge is -2.03. The molecule has 0 saturated heterocycles. The summed E-state index contributed by atoms with van der Waals surface area (Å²) in [7, 11) is 0. The van der Waals surface area contributed by atoms with Gasteiger partial charge in [0.25, 0.3) is 5.56 Å². The molecule has 4 rings (SSSR count). The summed E-state index contributed by atoms with van der Waals surface area (Å²) in [6, 6.07) is 9.41. The third-order valence-corrected chi connectivity index (χ3v) is 6.14. The Kier molecular flexibility index (Phi) is 6.07. The van der Waals surface area contributed by atoms with Gasteiger partial charge in [-0.15, -0.1) is 28.2 Å². The van der Waals surface area contributed by atoms with Crippen LogP contribution in [0.4, 0.5) is 5.95 Å². The maximum absolute atomic E-state index is 12.1. The Morgan fingerprint density at radius 1 is 1.28 bits per heavy atom. The van der Waals surface area contributed by atoms with E-state index in [2.05, 4.69) is 36.3 Å². The van der Waals surface area contributed by atoms with E-state index in [1.54, 1.807) is 17.2 Å². The van der Waals surface area contributed by atoms with Crippen LogP contribution in [0.3, 0.4) is 0 Å². The summed E-state index contributed by atoms with van der Waals surface area (Å²) in [5.74, 6) is 0.754. The Balaban J connectivity index is 1.27. The number of thioether (sulfide) groups is 1. The van der Waals surface area contributed by atoms with Gasteiger partial charge in [0.05, 0.1) is 18.0 Å². The third-order valence-electron chi connectivity index (χ3n) is 3.88. The molecule has 1 aromatic carbocycles. The molecule has 1 amide bonds. The van der Waals surface area contributed by atoms with Crippen molar-refractivity contribution in [3.63, 3.8) is 0 Å². The number of rotatable bonds is 7. The van der Waals surface area contributed by atoms with Gasteiger partial charge in [-0.05, 0) is 17.7 Å². The molecule has 8 nitrogen and oxygen atoms in total. The highest BCUT2D eigenvalue weighted by molar-refractivity contribution is 9.10. The largest absolute Gasteiger partial charge is 0.293 e. The minimum atomic E-state index is -0.203. The summed E-state index contributed by atoms with van der Waals surface area (Å²) in [4.78, 5) is 33.3. The molecule has 3 heterocycles. The number of anilines is 1. The van der Waals surface area contributed by atoms with Gasteiger partial charge in [-0.3, -0.25) is 19.3 Å². The van der Waals surface area contributed by atoms with Crippen molar-refractivity contribution in [2.75, 3.05) is 11.1 Å². The van der Waals surface area contributed by atoms with Crippen molar-refractivity contribution in [3.05, 3.63) is 74.3 Å². The molecule has 148 valence electrons. The highest BCUT2D eigenvalue weighted by atomic mass is 79.9. The van der Waals surface area contributed by atoms with E-state index in [1.807, 2.05) is 29.6 Å². The van der Waals surface area contributed by atoms with E-state index in [-0.39, 0.29) is 23.2 Å². The van der Waals surface area contributed by atoms with Crippen molar-refractivity contribution in [1.82, 2.24) is 24.1 Å². The zero-order valence-corrected chi connectivity index (χ0v) is 18.2. The lowest BCUT2D eigenvalue weighted by Crippen LogP contribution is -2.16. The Bertz CT molecular complexity index is 1200. The smallest absolute Gasteiger partial charge is 0.258 e. The molecule has 0 aliphatic heterocycles. The SMILES string of the molecule is O=C(CSCc1cc(=O)n2ccsc2n1)Nc1ncn(Cc2ccc(Br)cc2)n1. The topological polar surface area (TPSA) is 94.2 Å². The molecule has 0 spiro atoms. The molecule has 0 aliphatic rings. The Labute approximate surface area is 182 Å². The molecule has 0 aliphatic carbocycles. The normalized spacial score (nSPS) is 11.1. The Morgan fingerprint density at radius 3 is 2.93 bits per heavy atom. The van der Waals surface area contributed by atoms with Crippen LogP contribution in [-0.2, 0) is 17.1 Å². The molecule has 11 heteroatoms. The number of amides is 1. The van der Waals surface area contributed by atoms with Gasteiger partial charge >= 0.3 is 0 Å². The molecular weight excluding hydrogens is 476 g/mol. The molecule has 0 saturated carbocycles. The van der Waals surface area contributed by atoms with Crippen molar-refractivity contribution in [2.24, 2.45) is 0 Å². The maximum atomic E-state index is 12.1. The molecule has 3 aromatic heterocycles. The predicted molar refractivity (Wildman–Crippen MR) is 117 cm³/mol. The number of benzene rings is 1. The van der Waals surface area contributed by atoms with E-state index in [0.29, 0.717) is 23.0 Å². The number of nitrogens with zero attached hydrogens (tertiary/aromatic N) is 5. The van der Waals surface area contributed by atoms with Crippen LogP contribution in [0.1, 0.15) is 11.3 Å². The van der Waals surface area contributed by atoms with E-state index in [0.717, 1.165) is 10.0 Å². The molecule has 0 bridgehead atoms. The number of halogens is 1. The highest BCUT2D eigenvalue weighted by Crippen LogP contribution is 2.13. The van der Waals surface area contributed by atoms with Crippen molar-refractivity contribution in [1.29, 1.82) is 0 Å². The second kappa shape index (κ2) is 8.89. The fraction of sp³-hybridized carbons (Fsp3) is 0.167. The van der Waals surface area contributed by atoms with Crippen LogP contribution in [0.25, 0.3) is 4.96 Å². The fourth-order valence-electron chi connectivity index (χ4n) is 2.58. The van der Waals surface area contributed by atoms with E-state index >= 15 is 0 Å². The Morgan fingerprint density at radius 2 is 2.10 bits per heavy atom.